The smallest absolute Gasteiger partial charge is 0.274 e. The molecular weight excluding hydrogens is 469 g/mol. The van der Waals surface area contributed by atoms with Gasteiger partial charge in [0.2, 0.25) is 5.95 Å². The maximum absolute atomic E-state index is 12.5. The van der Waals surface area contributed by atoms with Crippen molar-refractivity contribution in [3.63, 3.8) is 0 Å². The van der Waals surface area contributed by atoms with Gasteiger partial charge in [0.05, 0.1) is 18.8 Å². The van der Waals surface area contributed by atoms with Crippen molar-refractivity contribution in [1.82, 2.24) is 14.8 Å². The summed E-state index contributed by atoms with van der Waals surface area (Å²) in [5.74, 6) is 0.441. The Kier molecular flexibility index (Phi) is 7.50. The zero-order valence-electron chi connectivity index (χ0n) is 19.0. The summed E-state index contributed by atoms with van der Waals surface area (Å²) in [7, 11) is 0. The van der Waals surface area contributed by atoms with Crippen LogP contribution < -0.4 is 10.7 Å². The molecule has 1 unspecified atom stereocenters. The van der Waals surface area contributed by atoms with E-state index in [9.17, 15) is 4.79 Å². The van der Waals surface area contributed by atoms with Gasteiger partial charge in [-0.2, -0.15) is 5.10 Å². The van der Waals surface area contributed by atoms with E-state index in [0.29, 0.717) is 29.1 Å². The van der Waals surface area contributed by atoms with E-state index in [1.54, 1.807) is 17.1 Å². The first kappa shape index (κ1) is 23.8. The SMILES string of the molecule is CC.O=c1[nH]c(N2CC(c3ccccc3)C(c3ccc(Cl)cc3)=N2)nn1Cc1ccc(Cl)cc1. The van der Waals surface area contributed by atoms with Crippen LogP contribution in [0.25, 0.3) is 0 Å². The predicted molar refractivity (Wildman–Crippen MR) is 139 cm³/mol. The summed E-state index contributed by atoms with van der Waals surface area (Å²) in [6.07, 6.45) is 0. The van der Waals surface area contributed by atoms with Gasteiger partial charge in [0.15, 0.2) is 0 Å². The predicted octanol–water partition coefficient (Wildman–Crippen LogP) is 5.96. The molecule has 2 heterocycles. The van der Waals surface area contributed by atoms with Crippen LogP contribution in [0.15, 0.2) is 88.8 Å². The number of rotatable bonds is 5. The minimum Gasteiger partial charge on any atom is -0.274 e. The first-order valence-electron chi connectivity index (χ1n) is 11.2. The molecule has 34 heavy (non-hydrogen) atoms. The summed E-state index contributed by atoms with van der Waals surface area (Å²) in [4.78, 5) is 15.4. The zero-order chi connectivity index (χ0) is 24.1. The molecule has 0 radical (unpaired) electrons. The number of benzene rings is 3. The minimum absolute atomic E-state index is 0.0299. The first-order chi connectivity index (χ1) is 16.6. The molecule has 3 aromatic carbocycles. The average Bonchev–Trinajstić information content (AvgIpc) is 3.47. The van der Waals surface area contributed by atoms with Gasteiger partial charge in [-0.05, 0) is 41.0 Å². The van der Waals surface area contributed by atoms with Gasteiger partial charge in [-0.15, -0.1) is 5.10 Å². The van der Waals surface area contributed by atoms with Gasteiger partial charge >= 0.3 is 5.69 Å². The van der Waals surface area contributed by atoms with E-state index in [0.717, 1.165) is 22.4 Å². The Bertz CT molecular complexity index is 1310. The van der Waals surface area contributed by atoms with Crippen LogP contribution in [0.2, 0.25) is 10.0 Å². The highest BCUT2D eigenvalue weighted by Gasteiger charge is 2.31. The fraction of sp³-hybridized carbons (Fsp3) is 0.192. The van der Waals surface area contributed by atoms with E-state index in [-0.39, 0.29) is 11.6 Å². The third-order valence-corrected chi connectivity index (χ3v) is 5.92. The molecule has 1 aromatic heterocycles. The third-order valence-electron chi connectivity index (χ3n) is 5.41. The molecule has 8 heteroatoms. The number of anilines is 1. The Labute approximate surface area is 208 Å². The number of aromatic nitrogens is 3. The lowest BCUT2D eigenvalue weighted by molar-refractivity contribution is 0.654. The number of nitrogens with one attached hydrogen (secondary N) is 1. The number of hydrazone groups is 1. The molecule has 1 aliphatic heterocycles. The molecule has 4 aromatic rings. The highest BCUT2D eigenvalue weighted by Crippen LogP contribution is 2.30. The molecule has 0 spiro atoms. The maximum Gasteiger partial charge on any atom is 0.345 e. The van der Waals surface area contributed by atoms with Crippen LogP contribution in [0.3, 0.4) is 0 Å². The third kappa shape index (κ3) is 5.24. The van der Waals surface area contributed by atoms with Gasteiger partial charge in [0, 0.05) is 16.0 Å². The number of hydrogen-bond acceptors (Lipinski definition) is 4. The number of hydrogen-bond donors (Lipinski definition) is 1. The summed E-state index contributed by atoms with van der Waals surface area (Å²) in [6.45, 7) is 4.91. The van der Waals surface area contributed by atoms with Gasteiger partial charge in [0.25, 0.3) is 0 Å². The zero-order valence-corrected chi connectivity index (χ0v) is 20.5. The van der Waals surface area contributed by atoms with Crippen LogP contribution in [-0.4, -0.2) is 27.0 Å². The highest BCUT2D eigenvalue weighted by atomic mass is 35.5. The topological polar surface area (TPSA) is 66.3 Å². The number of aromatic amines is 1. The van der Waals surface area contributed by atoms with Gasteiger partial charge in [0.1, 0.15) is 0 Å². The Hall–Kier alpha value is -3.35. The van der Waals surface area contributed by atoms with Crippen molar-refractivity contribution < 1.29 is 0 Å². The van der Waals surface area contributed by atoms with E-state index in [4.69, 9.17) is 28.3 Å². The second kappa shape index (κ2) is 10.7. The molecule has 1 aliphatic rings. The lowest BCUT2D eigenvalue weighted by Crippen LogP contribution is -2.19. The first-order valence-corrected chi connectivity index (χ1v) is 11.9. The van der Waals surface area contributed by atoms with Crippen LogP contribution in [0.1, 0.15) is 36.5 Å². The molecule has 0 saturated heterocycles. The summed E-state index contributed by atoms with van der Waals surface area (Å²) in [5.41, 5.74) is 3.67. The quantitative estimate of drug-likeness (QED) is 0.372. The van der Waals surface area contributed by atoms with Crippen molar-refractivity contribution in [2.45, 2.75) is 26.3 Å². The molecule has 6 nitrogen and oxygen atoms in total. The monoisotopic (exact) mass is 493 g/mol. The lowest BCUT2D eigenvalue weighted by Gasteiger charge is -2.14. The lowest BCUT2D eigenvalue weighted by atomic mass is 9.91. The van der Waals surface area contributed by atoms with Gasteiger partial charge in [-0.1, -0.05) is 91.6 Å². The van der Waals surface area contributed by atoms with Crippen molar-refractivity contribution in [2.75, 3.05) is 11.6 Å². The summed E-state index contributed by atoms with van der Waals surface area (Å²) in [6, 6.07) is 25.2. The van der Waals surface area contributed by atoms with E-state index < -0.39 is 0 Å². The van der Waals surface area contributed by atoms with Crippen molar-refractivity contribution in [3.8, 4) is 0 Å². The van der Waals surface area contributed by atoms with E-state index in [2.05, 4.69) is 22.2 Å². The summed E-state index contributed by atoms with van der Waals surface area (Å²) < 4.78 is 1.39. The molecular formula is C26H25Cl2N5O. The van der Waals surface area contributed by atoms with Crippen molar-refractivity contribution in [1.29, 1.82) is 0 Å². The van der Waals surface area contributed by atoms with E-state index in [1.807, 2.05) is 68.4 Å². The second-order valence-corrected chi connectivity index (χ2v) is 8.45. The van der Waals surface area contributed by atoms with Crippen LogP contribution in [0, 0.1) is 0 Å². The van der Waals surface area contributed by atoms with Gasteiger partial charge < -0.3 is 0 Å². The van der Waals surface area contributed by atoms with E-state index in [1.165, 1.54) is 4.68 Å². The Morgan fingerprint density at radius 3 is 2.18 bits per heavy atom. The molecule has 0 amide bonds. The molecule has 0 aliphatic carbocycles. The van der Waals surface area contributed by atoms with Crippen LogP contribution in [0.4, 0.5) is 5.95 Å². The Balaban J connectivity index is 0.00000133. The minimum atomic E-state index is -0.290. The van der Waals surface area contributed by atoms with Crippen molar-refractivity contribution >= 4 is 34.9 Å². The highest BCUT2D eigenvalue weighted by molar-refractivity contribution is 6.31. The van der Waals surface area contributed by atoms with Crippen LogP contribution in [-0.2, 0) is 6.54 Å². The molecule has 0 bridgehead atoms. The largest absolute Gasteiger partial charge is 0.345 e. The molecule has 0 saturated carbocycles. The molecule has 0 fully saturated rings. The number of nitrogens with zero attached hydrogens (tertiary/aromatic N) is 4. The Morgan fingerprint density at radius 2 is 1.53 bits per heavy atom. The standard InChI is InChI=1S/C24H19Cl2N5O.C2H6/c25-19-10-6-16(7-11-19)14-31-24(32)27-23(29-31)30-15-21(17-4-2-1-3-5-17)22(28-30)18-8-12-20(26)13-9-18;1-2/h1-13,21H,14-15H2,(H,27,29,32);1-2H3. The molecule has 1 atom stereocenters. The number of halogens is 2. The van der Waals surface area contributed by atoms with Gasteiger partial charge in [-0.3, -0.25) is 4.98 Å². The van der Waals surface area contributed by atoms with E-state index >= 15 is 0 Å². The number of H-pyrrole nitrogens is 1. The van der Waals surface area contributed by atoms with Crippen molar-refractivity contribution in [3.05, 3.63) is 116 Å². The summed E-state index contributed by atoms with van der Waals surface area (Å²) >= 11 is 12.0. The van der Waals surface area contributed by atoms with Crippen LogP contribution >= 0.6 is 23.2 Å². The second-order valence-electron chi connectivity index (χ2n) is 7.58. The van der Waals surface area contributed by atoms with Crippen LogP contribution in [0.5, 0.6) is 0 Å². The molecule has 5 rings (SSSR count). The fourth-order valence-electron chi connectivity index (χ4n) is 3.79. The van der Waals surface area contributed by atoms with Crippen molar-refractivity contribution in [2.24, 2.45) is 5.10 Å². The Morgan fingerprint density at radius 1 is 0.912 bits per heavy atom. The fourth-order valence-corrected chi connectivity index (χ4v) is 4.04. The van der Waals surface area contributed by atoms with Gasteiger partial charge in [-0.25, -0.2) is 14.5 Å². The summed E-state index contributed by atoms with van der Waals surface area (Å²) in [5, 5.41) is 12.4. The average molecular weight is 494 g/mol. The normalized spacial score (nSPS) is 15.0. The molecule has 1 N–H and O–H groups in total. The maximum atomic E-state index is 12.5. The molecule has 174 valence electrons.